The number of nitrogens with one attached hydrogen (secondary N) is 2. The molecule has 2 atom stereocenters. The average molecular weight is 482 g/mol. The van der Waals surface area contributed by atoms with Gasteiger partial charge in [-0.2, -0.15) is 0 Å². The highest BCUT2D eigenvalue weighted by molar-refractivity contribution is 6.34. The second-order valence-electron chi connectivity index (χ2n) is 8.94. The second-order valence-corrected chi connectivity index (χ2v) is 9.47. The minimum absolute atomic E-state index is 0.114. The van der Waals surface area contributed by atoms with Gasteiger partial charge in [0.05, 0.1) is 11.0 Å². The average Bonchev–Trinajstić information content (AvgIpc) is 3.39. The zero-order chi connectivity index (χ0) is 23.8. The van der Waals surface area contributed by atoms with Gasteiger partial charge in [-0.1, -0.05) is 6.08 Å². The number of amides is 2. The van der Waals surface area contributed by atoms with E-state index in [0.29, 0.717) is 45.9 Å². The molecule has 8 heteroatoms. The number of halogens is 2. The van der Waals surface area contributed by atoms with Gasteiger partial charge in [0.1, 0.15) is 17.3 Å². The van der Waals surface area contributed by atoms with Crippen LogP contribution in [0, 0.1) is 5.82 Å². The molecular formula is C26H25ClFN3O3. The van der Waals surface area contributed by atoms with Gasteiger partial charge in [-0.25, -0.2) is 4.39 Å². The maximum atomic E-state index is 13.7. The number of piperidine rings is 1. The molecule has 6 nitrogen and oxygen atoms in total. The Kier molecular flexibility index (Phi) is 6.15. The fourth-order valence-electron chi connectivity index (χ4n) is 4.64. The van der Waals surface area contributed by atoms with Crippen LogP contribution >= 0.6 is 11.6 Å². The van der Waals surface area contributed by atoms with Crippen molar-refractivity contribution >= 4 is 46.3 Å². The van der Waals surface area contributed by atoms with Crippen molar-refractivity contribution < 1.29 is 18.4 Å². The van der Waals surface area contributed by atoms with E-state index in [4.69, 9.17) is 16.0 Å². The van der Waals surface area contributed by atoms with Crippen LogP contribution in [0.3, 0.4) is 0 Å². The summed E-state index contributed by atoms with van der Waals surface area (Å²) in [5.74, 6) is 0.113. The smallest absolute Gasteiger partial charge is 0.256 e. The minimum Gasteiger partial charge on any atom is -0.457 e. The molecule has 3 heterocycles. The molecule has 0 radical (unpaired) electrons. The summed E-state index contributed by atoms with van der Waals surface area (Å²) in [4.78, 5) is 27.5. The lowest BCUT2D eigenvalue weighted by Crippen LogP contribution is -2.46. The Morgan fingerprint density at radius 3 is 3.00 bits per heavy atom. The lowest BCUT2D eigenvalue weighted by molar-refractivity contribution is -0.118. The number of alkyl halides is 1. The number of fused-ring (bicyclic) bond motifs is 1. The van der Waals surface area contributed by atoms with Gasteiger partial charge < -0.3 is 20.0 Å². The first-order valence-electron chi connectivity index (χ1n) is 11.4. The third kappa shape index (κ3) is 4.58. The Morgan fingerprint density at radius 2 is 2.18 bits per heavy atom. The second kappa shape index (κ2) is 9.24. The van der Waals surface area contributed by atoms with Gasteiger partial charge in [0, 0.05) is 35.0 Å². The molecule has 3 aliphatic rings. The summed E-state index contributed by atoms with van der Waals surface area (Å²) < 4.78 is 19.7. The first-order valence-corrected chi connectivity index (χ1v) is 11.8. The molecule has 2 unspecified atom stereocenters. The predicted molar refractivity (Wildman–Crippen MR) is 131 cm³/mol. The van der Waals surface area contributed by atoms with E-state index in [1.54, 1.807) is 24.3 Å². The molecule has 2 amide bonds. The molecule has 0 spiro atoms. The van der Waals surface area contributed by atoms with E-state index in [-0.39, 0.29) is 23.2 Å². The monoisotopic (exact) mass is 481 g/mol. The van der Waals surface area contributed by atoms with Crippen molar-refractivity contribution in [3.8, 4) is 0 Å². The number of benzene rings is 1. The van der Waals surface area contributed by atoms with Gasteiger partial charge in [0.25, 0.3) is 11.8 Å². The van der Waals surface area contributed by atoms with Gasteiger partial charge in [0.2, 0.25) is 0 Å². The third-order valence-electron chi connectivity index (χ3n) is 6.38. The van der Waals surface area contributed by atoms with Gasteiger partial charge in [-0.15, -0.1) is 11.6 Å². The molecule has 2 aliphatic heterocycles. The maximum Gasteiger partial charge on any atom is 0.256 e. The molecule has 0 bridgehead atoms. The quantitative estimate of drug-likeness (QED) is 0.500. The number of anilines is 1. The van der Waals surface area contributed by atoms with Crippen LogP contribution < -0.4 is 10.6 Å². The Balaban J connectivity index is 1.36. The summed E-state index contributed by atoms with van der Waals surface area (Å²) >= 11 is 6.55. The normalized spacial score (nSPS) is 23.9. The van der Waals surface area contributed by atoms with E-state index in [0.717, 1.165) is 25.9 Å². The highest BCUT2D eigenvalue weighted by Crippen LogP contribution is 2.36. The van der Waals surface area contributed by atoms with Crippen LogP contribution in [-0.2, 0) is 9.59 Å². The number of carbonyl (C=O) groups is 2. The Bertz CT molecular complexity index is 1250. The molecule has 1 saturated heterocycles. The number of rotatable bonds is 4. The SMILES string of the molecule is CN1CCCC(NC(=O)C2=CCC(Cl)C(c3ccc(/C=C4/C(=O)Nc5ccc(F)cc54)o3)=C2)C1. The van der Waals surface area contributed by atoms with Crippen LogP contribution in [-0.4, -0.2) is 48.3 Å². The molecule has 5 rings (SSSR count). The van der Waals surface area contributed by atoms with Crippen molar-refractivity contribution in [3.05, 3.63) is 71.0 Å². The highest BCUT2D eigenvalue weighted by atomic mass is 35.5. The van der Waals surface area contributed by atoms with Gasteiger partial charge >= 0.3 is 0 Å². The number of likely N-dealkylation sites (N-methyl/N-ethyl adjacent to an activating group) is 1. The van der Waals surface area contributed by atoms with E-state index in [1.165, 1.54) is 18.2 Å². The summed E-state index contributed by atoms with van der Waals surface area (Å²) in [6.07, 6.45) is 7.74. The van der Waals surface area contributed by atoms with Crippen molar-refractivity contribution in [2.75, 3.05) is 25.5 Å². The van der Waals surface area contributed by atoms with Crippen LogP contribution in [0.1, 0.15) is 36.3 Å². The van der Waals surface area contributed by atoms with Crippen LogP contribution in [0.2, 0.25) is 0 Å². The van der Waals surface area contributed by atoms with Crippen molar-refractivity contribution in [1.29, 1.82) is 0 Å². The fraction of sp³-hybridized carbons (Fsp3) is 0.308. The van der Waals surface area contributed by atoms with Gasteiger partial charge in [-0.3, -0.25) is 9.59 Å². The number of carbonyl (C=O) groups excluding carboxylic acids is 2. The van der Waals surface area contributed by atoms with Crippen molar-refractivity contribution in [2.24, 2.45) is 0 Å². The lowest BCUT2D eigenvalue weighted by atomic mass is 9.96. The number of furan rings is 1. The van der Waals surface area contributed by atoms with Crippen LogP contribution in [0.5, 0.6) is 0 Å². The van der Waals surface area contributed by atoms with Crippen LogP contribution in [0.4, 0.5) is 10.1 Å². The molecule has 0 saturated carbocycles. The summed E-state index contributed by atoms with van der Waals surface area (Å²) in [6.45, 7) is 1.89. The highest BCUT2D eigenvalue weighted by Gasteiger charge is 2.27. The number of hydrogen-bond donors (Lipinski definition) is 2. The Hall–Kier alpha value is -3.16. The third-order valence-corrected chi connectivity index (χ3v) is 6.79. The number of allylic oxidation sites excluding steroid dienone is 2. The molecule has 176 valence electrons. The Labute approximate surface area is 202 Å². The maximum absolute atomic E-state index is 13.7. The molecule has 1 fully saturated rings. The zero-order valence-corrected chi connectivity index (χ0v) is 19.5. The molecule has 1 aromatic carbocycles. The van der Waals surface area contributed by atoms with Crippen LogP contribution in [0.15, 0.2) is 52.5 Å². The van der Waals surface area contributed by atoms with E-state index in [1.807, 2.05) is 6.08 Å². The molecular weight excluding hydrogens is 457 g/mol. The summed E-state index contributed by atoms with van der Waals surface area (Å²) in [5, 5.41) is 5.51. The zero-order valence-electron chi connectivity index (χ0n) is 18.7. The molecule has 1 aliphatic carbocycles. The van der Waals surface area contributed by atoms with E-state index >= 15 is 0 Å². The summed E-state index contributed by atoms with van der Waals surface area (Å²) in [5.41, 5.74) is 2.65. The van der Waals surface area contributed by atoms with Crippen molar-refractivity contribution in [3.63, 3.8) is 0 Å². The van der Waals surface area contributed by atoms with Crippen molar-refractivity contribution in [2.45, 2.75) is 30.7 Å². The summed E-state index contributed by atoms with van der Waals surface area (Å²) in [7, 11) is 2.06. The summed E-state index contributed by atoms with van der Waals surface area (Å²) in [6, 6.07) is 7.78. The number of likely N-dealkylation sites (tertiary alicyclic amines) is 1. The first kappa shape index (κ1) is 22.6. The van der Waals surface area contributed by atoms with Gasteiger partial charge in [0.15, 0.2) is 0 Å². The first-order chi connectivity index (χ1) is 16.4. The predicted octanol–water partition coefficient (Wildman–Crippen LogP) is 4.44. The molecule has 2 aromatic rings. The standard InChI is InChI=1S/C26H25ClFN3O3/c1-31-10-2-3-17(14-31)29-25(32)15-4-7-22(27)21(11-15)24-9-6-18(34-24)13-20-19-12-16(28)5-8-23(19)30-26(20)33/h4-6,8-9,11-13,17,22H,2-3,7,10,14H2,1H3,(H,29,32)(H,30,33)/b20-13+. The number of nitrogens with zero attached hydrogens (tertiary/aromatic N) is 1. The molecule has 1 aromatic heterocycles. The minimum atomic E-state index is -0.420. The lowest BCUT2D eigenvalue weighted by Gasteiger charge is -2.30. The Morgan fingerprint density at radius 1 is 1.32 bits per heavy atom. The van der Waals surface area contributed by atoms with E-state index in [2.05, 4.69) is 22.6 Å². The van der Waals surface area contributed by atoms with Crippen LogP contribution in [0.25, 0.3) is 17.2 Å². The van der Waals surface area contributed by atoms with Gasteiger partial charge in [-0.05, 0) is 75.3 Å². The number of hydrogen-bond acceptors (Lipinski definition) is 4. The largest absolute Gasteiger partial charge is 0.457 e. The molecule has 2 N–H and O–H groups in total. The van der Waals surface area contributed by atoms with Crippen molar-refractivity contribution in [1.82, 2.24) is 10.2 Å². The van der Waals surface area contributed by atoms with E-state index in [9.17, 15) is 14.0 Å². The molecule has 34 heavy (non-hydrogen) atoms. The topological polar surface area (TPSA) is 74.6 Å². The van der Waals surface area contributed by atoms with E-state index < -0.39 is 5.82 Å². The fourth-order valence-corrected chi connectivity index (χ4v) is 4.90.